The summed E-state index contributed by atoms with van der Waals surface area (Å²) in [6, 6.07) is 8.05. The Labute approximate surface area is 185 Å². The maximum Gasteiger partial charge on any atom is 0.337 e. The minimum Gasteiger partial charge on any atom is -0.478 e. The van der Waals surface area contributed by atoms with Crippen molar-refractivity contribution in [1.29, 1.82) is 0 Å². The Morgan fingerprint density at radius 3 is 2.32 bits per heavy atom. The first kappa shape index (κ1) is 24.6. The van der Waals surface area contributed by atoms with Crippen LogP contribution in [0, 0.1) is 5.92 Å². The zero-order chi connectivity index (χ0) is 23.2. The molecule has 0 spiro atoms. The summed E-state index contributed by atoms with van der Waals surface area (Å²) in [5.74, 6) is -0.307. The van der Waals surface area contributed by atoms with Gasteiger partial charge < -0.3 is 14.9 Å². The summed E-state index contributed by atoms with van der Waals surface area (Å²) < 4.78 is 28.6. The number of nitrogens with zero attached hydrogens (tertiary/aromatic N) is 3. The van der Waals surface area contributed by atoms with Crippen molar-refractivity contribution in [3.8, 4) is 0 Å². The normalized spacial score (nSPS) is 11.7. The molecular weight excluding hydrogens is 416 g/mol. The van der Waals surface area contributed by atoms with E-state index in [0.717, 1.165) is 18.5 Å². The van der Waals surface area contributed by atoms with Gasteiger partial charge in [-0.05, 0) is 57.1 Å². The fourth-order valence-electron chi connectivity index (χ4n) is 3.12. The van der Waals surface area contributed by atoms with Gasteiger partial charge >= 0.3 is 5.97 Å². The van der Waals surface area contributed by atoms with Crippen LogP contribution in [-0.4, -0.2) is 63.1 Å². The number of carbonyl (C=O) groups is 1. The molecule has 0 aliphatic rings. The maximum atomic E-state index is 13.0. The number of pyridine rings is 1. The Bertz CT molecular complexity index is 989. The molecule has 0 atom stereocenters. The zero-order valence-corrected chi connectivity index (χ0v) is 19.6. The Morgan fingerprint density at radius 2 is 1.81 bits per heavy atom. The van der Waals surface area contributed by atoms with Crippen molar-refractivity contribution in [2.24, 2.45) is 5.92 Å². The van der Waals surface area contributed by atoms with E-state index in [2.05, 4.69) is 23.6 Å². The first-order chi connectivity index (χ1) is 14.5. The molecule has 1 heterocycles. The number of nitrogens with one attached hydrogen (secondary N) is 1. The summed E-state index contributed by atoms with van der Waals surface area (Å²) in [5.41, 5.74) is 1.12. The lowest BCUT2D eigenvalue weighted by Crippen LogP contribution is -2.33. The molecule has 2 N–H and O–H groups in total. The van der Waals surface area contributed by atoms with Crippen LogP contribution in [0.3, 0.4) is 0 Å². The topological polar surface area (TPSA) is 103 Å². The van der Waals surface area contributed by atoms with Gasteiger partial charge in [-0.3, -0.25) is 4.72 Å². The second-order valence-electron chi connectivity index (χ2n) is 8.13. The van der Waals surface area contributed by atoms with Gasteiger partial charge in [0.1, 0.15) is 0 Å². The number of anilines is 2. The largest absolute Gasteiger partial charge is 0.478 e. The molecule has 0 fully saturated rings. The van der Waals surface area contributed by atoms with Crippen molar-refractivity contribution in [2.45, 2.75) is 32.1 Å². The minimum absolute atomic E-state index is 0.0857. The SMILES string of the molecule is CCN(CCN(C)C)c1ncc(C(=O)O)cc1NS(=O)(=O)c1ccc(CC(C)C)cc1. The quantitative estimate of drug-likeness (QED) is 0.544. The lowest BCUT2D eigenvalue weighted by atomic mass is 10.0. The van der Waals surface area contributed by atoms with Crippen LogP contribution in [0.15, 0.2) is 41.4 Å². The summed E-state index contributed by atoms with van der Waals surface area (Å²) in [4.78, 5) is 19.8. The third kappa shape index (κ3) is 6.93. The predicted octanol–water partition coefficient (Wildman–Crippen LogP) is 3.17. The van der Waals surface area contributed by atoms with Gasteiger partial charge in [0, 0.05) is 25.8 Å². The molecule has 9 heteroatoms. The van der Waals surface area contributed by atoms with Crippen molar-refractivity contribution in [1.82, 2.24) is 9.88 Å². The van der Waals surface area contributed by atoms with E-state index in [0.29, 0.717) is 24.8 Å². The third-order valence-corrected chi connectivity index (χ3v) is 6.12. The van der Waals surface area contributed by atoms with E-state index in [1.807, 2.05) is 30.8 Å². The van der Waals surface area contributed by atoms with Crippen LogP contribution in [0.5, 0.6) is 0 Å². The van der Waals surface area contributed by atoms with Gasteiger partial charge in [-0.25, -0.2) is 18.2 Å². The Hall–Kier alpha value is -2.65. The molecule has 0 aliphatic heterocycles. The summed E-state index contributed by atoms with van der Waals surface area (Å²) in [5, 5.41) is 9.35. The van der Waals surface area contributed by atoms with Gasteiger partial charge in [0.2, 0.25) is 0 Å². The Balaban J connectivity index is 2.40. The lowest BCUT2D eigenvalue weighted by Gasteiger charge is -2.26. The molecule has 170 valence electrons. The molecule has 0 saturated carbocycles. The van der Waals surface area contributed by atoms with Crippen LogP contribution in [0.1, 0.15) is 36.7 Å². The second-order valence-corrected chi connectivity index (χ2v) is 9.81. The lowest BCUT2D eigenvalue weighted by molar-refractivity contribution is 0.0696. The summed E-state index contributed by atoms with van der Waals surface area (Å²) in [6.45, 7) is 8.08. The number of rotatable bonds is 11. The summed E-state index contributed by atoms with van der Waals surface area (Å²) in [7, 11) is -0.0250. The van der Waals surface area contributed by atoms with Crippen molar-refractivity contribution in [2.75, 3.05) is 43.4 Å². The van der Waals surface area contributed by atoms with Crippen molar-refractivity contribution >= 4 is 27.5 Å². The van der Waals surface area contributed by atoms with Crippen LogP contribution in [-0.2, 0) is 16.4 Å². The van der Waals surface area contributed by atoms with Gasteiger partial charge in [0.25, 0.3) is 10.0 Å². The number of aromatic nitrogens is 1. The minimum atomic E-state index is -3.92. The maximum absolute atomic E-state index is 13.0. The highest BCUT2D eigenvalue weighted by Gasteiger charge is 2.21. The van der Waals surface area contributed by atoms with Crippen molar-refractivity contribution in [3.63, 3.8) is 0 Å². The van der Waals surface area contributed by atoms with Crippen LogP contribution in [0.2, 0.25) is 0 Å². The first-order valence-electron chi connectivity index (χ1n) is 10.3. The number of benzene rings is 1. The number of hydrogen-bond acceptors (Lipinski definition) is 6. The third-order valence-electron chi connectivity index (χ3n) is 4.73. The number of aromatic carboxylic acids is 1. The molecule has 0 radical (unpaired) electrons. The van der Waals surface area contributed by atoms with E-state index < -0.39 is 16.0 Å². The van der Waals surface area contributed by atoms with Crippen LogP contribution in [0.25, 0.3) is 0 Å². The second kappa shape index (κ2) is 10.6. The number of likely N-dealkylation sites (N-methyl/N-ethyl adjacent to an activating group) is 2. The monoisotopic (exact) mass is 448 g/mol. The molecule has 31 heavy (non-hydrogen) atoms. The number of sulfonamides is 1. The molecule has 2 aromatic rings. The van der Waals surface area contributed by atoms with E-state index in [9.17, 15) is 18.3 Å². The molecule has 8 nitrogen and oxygen atoms in total. The Morgan fingerprint density at radius 1 is 1.16 bits per heavy atom. The van der Waals surface area contributed by atoms with Gasteiger partial charge in [-0.1, -0.05) is 26.0 Å². The molecule has 0 aliphatic carbocycles. The molecule has 0 amide bonds. The van der Waals surface area contributed by atoms with Gasteiger partial charge in [-0.2, -0.15) is 0 Å². The van der Waals surface area contributed by atoms with E-state index >= 15 is 0 Å². The number of hydrogen-bond donors (Lipinski definition) is 2. The fraction of sp³-hybridized carbons (Fsp3) is 0.455. The standard InChI is InChI=1S/C22H32N4O4S/c1-6-26(12-11-25(4)5)21-20(14-18(15-23-21)22(27)28)24-31(29,30)19-9-7-17(8-10-19)13-16(2)3/h7-10,14-16,24H,6,11-13H2,1-5H3,(H,27,28). The van der Waals surface area contributed by atoms with E-state index in [4.69, 9.17) is 0 Å². The summed E-state index contributed by atoms with van der Waals surface area (Å²) >= 11 is 0. The average Bonchev–Trinajstić information content (AvgIpc) is 2.68. The average molecular weight is 449 g/mol. The van der Waals surface area contributed by atoms with Crippen LogP contribution in [0.4, 0.5) is 11.5 Å². The van der Waals surface area contributed by atoms with Crippen LogP contribution >= 0.6 is 0 Å². The molecule has 0 saturated heterocycles. The van der Waals surface area contributed by atoms with Gasteiger partial charge in [-0.15, -0.1) is 0 Å². The molecule has 1 aromatic heterocycles. The smallest absolute Gasteiger partial charge is 0.337 e. The zero-order valence-electron chi connectivity index (χ0n) is 18.8. The highest BCUT2D eigenvalue weighted by Crippen LogP contribution is 2.27. The molecular formula is C22H32N4O4S. The molecule has 0 unspecified atom stereocenters. The van der Waals surface area contributed by atoms with Crippen molar-refractivity contribution < 1.29 is 18.3 Å². The first-order valence-corrected chi connectivity index (χ1v) is 11.8. The summed E-state index contributed by atoms with van der Waals surface area (Å²) in [6.07, 6.45) is 2.11. The molecule has 0 bridgehead atoms. The van der Waals surface area contributed by atoms with Crippen molar-refractivity contribution in [3.05, 3.63) is 47.7 Å². The Kier molecular flexibility index (Phi) is 8.41. The van der Waals surface area contributed by atoms with Gasteiger partial charge in [0.15, 0.2) is 5.82 Å². The number of carboxylic acid groups (broad SMARTS) is 1. The fourth-order valence-corrected chi connectivity index (χ4v) is 4.17. The highest BCUT2D eigenvalue weighted by molar-refractivity contribution is 7.92. The van der Waals surface area contributed by atoms with E-state index in [1.165, 1.54) is 12.3 Å². The van der Waals surface area contributed by atoms with E-state index in [1.54, 1.807) is 24.3 Å². The number of carboxylic acids is 1. The molecule has 1 aromatic carbocycles. The van der Waals surface area contributed by atoms with E-state index in [-0.39, 0.29) is 16.1 Å². The molecule has 2 rings (SSSR count). The van der Waals surface area contributed by atoms with Gasteiger partial charge in [0.05, 0.1) is 16.1 Å². The predicted molar refractivity (Wildman–Crippen MR) is 123 cm³/mol. The van der Waals surface area contributed by atoms with Crippen LogP contribution < -0.4 is 9.62 Å². The highest BCUT2D eigenvalue weighted by atomic mass is 32.2.